The maximum absolute atomic E-state index is 12.2. The fourth-order valence-corrected chi connectivity index (χ4v) is 2.44. The fourth-order valence-electron chi connectivity index (χ4n) is 2.44. The molecule has 1 amide bonds. The summed E-state index contributed by atoms with van der Waals surface area (Å²) in [6, 6.07) is 7.81. The van der Waals surface area contributed by atoms with Crippen molar-refractivity contribution in [2.75, 3.05) is 20.1 Å². The number of hydrogen-bond acceptors (Lipinski definition) is 5. The molecule has 0 saturated carbocycles. The molecule has 0 aliphatic carbocycles. The third kappa shape index (κ3) is 4.25. The quantitative estimate of drug-likeness (QED) is 0.658. The predicted octanol–water partition coefficient (Wildman–Crippen LogP) is 1.92. The first kappa shape index (κ1) is 20.8. The summed E-state index contributed by atoms with van der Waals surface area (Å²) >= 11 is 0. The average molecular weight is 383 g/mol. The second-order valence-corrected chi connectivity index (χ2v) is 5.17. The molecule has 1 aromatic carbocycles. The van der Waals surface area contributed by atoms with E-state index >= 15 is 0 Å². The Balaban J connectivity index is 0.00000156. The summed E-state index contributed by atoms with van der Waals surface area (Å²) in [6.45, 7) is 3.09. The number of fused-ring (bicyclic) bond motifs is 1. The van der Waals surface area contributed by atoms with Crippen LogP contribution in [0.4, 0.5) is 0 Å². The van der Waals surface area contributed by atoms with Gasteiger partial charge in [-0.15, -0.1) is 29.9 Å². The molecule has 0 aliphatic heterocycles. The number of amides is 1. The minimum absolute atomic E-state index is 0. The third-order valence-electron chi connectivity index (χ3n) is 3.66. The number of nitrogens with one attached hydrogen (secondary N) is 2. The van der Waals surface area contributed by atoms with Crippen molar-refractivity contribution < 1.29 is 4.79 Å². The number of rotatable bonds is 5. The van der Waals surface area contributed by atoms with Crippen LogP contribution >= 0.6 is 24.8 Å². The second kappa shape index (κ2) is 9.31. The lowest BCUT2D eigenvalue weighted by atomic mass is 10.1. The molecule has 0 spiro atoms. The molecular formula is C16H20Cl2N6O. The van der Waals surface area contributed by atoms with E-state index in [1.54, 1.807) is 17.1 Å². The SMILES string of the molecule is CNCCNC(=O)c1nnn(-c2cccc3cnccc23)c1C.Cl.Cl. The first-order chi connectivity index (χ1) is 11.2. The van der Waals surface area contributed by atoms with E-state index in [-0.39, 0.29) is 30.7 Å². The van der Waals surface area contributed by atoms with Gasteiger partial charge in [0.15, 0.2) is 5.69 Å². The zero-order valence-electron chi connectivity index (χ0n) is 13.9. The second-order valence-electron chi connectivity index (χ2n) is 5.17. The topological polar surface area (TPSA) is 84.7 Å². The lowest BCUT2D eigenvalue weighted by Gasteiger charge is -2.08. The number of aromatic nitrogens is 4. The van der Waals surface area contributed by atoms with Gasteiger partial charge in [0, 0.05) is 36.3 Å². The molecule has 25 heavy (non-hydrogen) atoms. The summed E-state index contributed by atoms with van der Waals surface area (Å²) in [5, 5.41) is 16.0. The number of carbonyl (C=O) groups excluding carboxylic acids is 1. The first-order valence-electron chi connectivity index (χ1n) is 7.40. The number of benzene rings is 1. The largest absolute Gasteiger partial charge is 0.349 e. The van der Waals surface area contributed by atoms with Gasteiger partial charge in [-0.3, -0.25) is 9.78 Å². The van der Waals surface area contributed by atoms with E-state index in [0.717, 1.165) is 16.5 Å². The van der Waals surface area contributed by atoms with Crippen LogP contribution in [-0.2, 0) is 0 Å². The maximum Gasteiger partial charge on any atom is 0.273 e. The zero-order valence-corrected chi connectivity index (χ0v) is 15.5. The van der Waals surface area contributed by atoms with E-state index in [1.165, 1.54) is 0 Å². The lowest BCUT2D eigenvalue weighted by Crippen LogP contribution is -2.31. The van der Waals surface area contributed by atoms with E-state index in [2.05, 4.69) is 25.9 Å². The van der Waals surface area contributed by atoms with Crippen LogP contribution in [0.3, 0.4) is 0 Å². The smallest absolute Gasteiger partial charge is 0.273 e. The summed E-state index contributed by atoms with van der Waals surface area (Å²) in [4.78, 5) is 16.3. The first-order valence-corrected chi connectivity index (χ1v) is 7.40. The summed E-state index contributed by atoms with van der Waals surface area (Å²) in [6.07, 6.45) is 3.54. The zero-order chi connectivity index (χ0) is 16.2. The van der Waals surface area contributed by atoms with Gasteiger partial charge in [-0.05, 0) is 26.1 Å². The predicted molar refractivity (Wildman–Crippen MR) is 102 cm³/mol. The molecule has 0 bridgehead atoms. The number of likely N-dealkylation sites (N-methyl/N-ethyl adjacent to an activating group) is 1. The van der Waals surface area contributed by atoms with Crippen molar-refractivity contribution in [2.45, 2.75) is 6.92 Å². The van der Waals surface area contributed by atoms with E-state index in [0.29, 0.717) is 24.5 Å². The van der Waals surface area contributed by atoms with Crippen LogP contribution in [0, 0.1) is 6.92 Å². The maximum atomic E-state index is 12.2. The van der Waals surface area contributed by atoms with Crippen LogP contribution in [0.15, 0.2) is 36.7 Å². The number of hydrogen-bond donors (Lipinski definition) is 2. The van der Waals surface area contributed by atoms with Crippen LogP contribution in [0.25, 0.3) is 16.5 Å². The molecule has 0 atom stereocenters. The Labute approximate surface area is 158 Å². The van der Waals surface area contributed by atoms with Gasteiger partial charge >= 0.3 is 0 Å². The van der Waals surface area contributed by atoms with E-state index in [4.69, 9.17) is 0 Å². The van der Waals surface area contributed by atoms with Crippen LogP contribution in [0.2, 0.25) is 0 Å². The summed E-state index contributed by atoms with van der Waals surface area (Å²) < 4.78 is 1.69. The third-order valence-corrected chi connectivity index (χ3v) is 3.66. The van der Waals surface area contributed by atoms with Crippen molar-refractivity contribution in [1.29, 1.82) is 0 Å². The molecular weight excluding hydrogens is 363 g/mol. The van der Waals surface area contributed by atoms with Gasteiger partial charge in [0.05, 0.1) is 11.4 Å². The normalized spacial score (nSPS) is 10.0. The molecule has 9 heteroatoms. The Morgan fingerprint density at radius 2 is 2.00 bits per heavy atom. The minimum atomic E-state index is -0.217. The van der Waals surface area contributed by atoms with Crippen molar-refractivity contribution >= 4 is 41.5 Å². The van der Waals surface area contributed by atoms with Gasteiger partial charge in [-0.1, -0.05) is 17.3 Å². The molecule has 0 fully saturated rings. The van der Waals surface area contributed by atoms with Crippen LogP contribution in [0.5, 0.6) is 0 Å². The Morgan fingerprint density at radius 3 is 2.76 bits per heavy atom. The van der Waals surface area contributed by atoms with Crippen LogP contribution in [0.1, 0.15) is 16.2 Å². The van der Waals surface area contributed by atoms with E-state index < -0.39 is 0 Å². The van der Waals surface area contributed by atoms with Gasteiger partial charge in [0.25, 0.3) is 5.91 Å². The van der Waals surface area contributed by atoms with Crippen LogP contribution < -0.4 is 10.6 Å². The molecule has 0 radical (unpaired) electrons. The molecule has 2 heterocycles. The molecule has 2 N–H and O–H groups in total. The fraction of sp³-hybridized carbons (Fsp3) is 0.250. The summed E-state index contributed by atoms with van der Waals surface area (Å²) in [5.74, 6) is -0.217. The highest BCUT2D eigenvalue weighted by Gasteiger charge is 2.17. The highest BCUT2D eigenvalue weighted by molar-refractivity contribution is 5.94. The van der Waals surface area contributed by atoms with E-state index in [1.807, 2.05) is 38.2 Å². The van der Waals surface area contributed by atoms with Crippen molar-refractivity contribution in [3.05, 3.63) is 48.0 Å². The number of pyridine rings is 1. The monoisotopic (exact) mass is 382 g/mol. The lowest BCUT2D eigenvalue weighted by molar-refractivity contribution is 0.0948. The van der Waals surface area contributed by atoms with Crippen molar-refractivity contribution in [3.8, 4) is 5.69 Å². The van der Waals surface area contributed by atoms with Gasteiger partial charge in [-0.25, -0.2) is 4.68 Å². The number of carbonyl (C=O) groups is 1. The van der Waals surface area contributed by atoms with Crippen molar-refractivity contribution in [3.63, 3.8) is 0 Å². The Bertz CT molecular complexity index is 846. The standard InChI is InChI=1S/C16H18N6O.2ClH/c1-11-15(16(23)19-9-8-17-2)20-21-22(11)14-5-3-4-12-10-18-7-6-13(12)14;;/h3-7,10,17H,8-9H2,1-2H3,(H,19,23);2*1H. The molecule has 0 aliphatic rings. The molecule has 3 aromatic rings. The number of nitrogens with zero attached hydrogens (tertiary/aromatic N) is 4. The molecule has 134 valence electrons. The minimum Gasteiger partial charge on any atom is -0.349 e. The van der Waals surface area contributed by atoms with Gasteiger partial charge in [0.1, 0.15) is 0 Å². The van der Waals surface area contributed by atoms with Gasteiger partial charge in [0.2, 0.25) is 0 Å². The Morgan fingerprint density at radius 1 is 1.20 bits per heavy atom. The highest BCUT2D eigenvalue weighted by atomic mass is 35.5. The molecule has 7 nitrogen and oxygen atoms in total. The molecule has 2 aromatic heterocycles. The van der Waals surface area contributed by atoms with E-state index in [9.17, 15) is 4.79 Å². The van der Waals surface area contributed by atoms with Gasteiger partial charge < -0.3 is 10.6 Å². The Hall–Kier alpha value is -2.22. The molecule has 0 unspecified atom stereocenters. The molecule has 3 rings (SSSR count). The summed E-state index contributed by atoms with van der Waals surface area (Å²) in [7, 11) is 1.84. The van der Waals surface area contributed by atoms with Crippen molar-refractivity contribution in [2.24, 2.45) is 0 Å². The average Bonchev–Trinajstić information content (AvgIpc) is 2.96. The Kier molecular flexibility index (Phi) is 7.76. The number of halogens is 2. The van der Waals surface area contributed by atoms with Crippen molar-refractivity contribution in [1.82, 2.24) is 30.6 Å². The summed E-state index contributed by atoms with van der Waals surface area (Å²) in [5.41, 5.74) is 1.92. The molecule has 0 saturated heterocycles. The van der Waals surface area contributed by atoms with Gasteiger partial charge in [-0.2, -0.15) is 0 Å². The van der Waals surface area contributed by atoms with Crippen LogP contribution in [-0.4, -0.2) is 46.0 Å². The highest BCUT2D eigenvalue weighted by Crippen LogP contribution is 2.22.